The van der Waals surface area contributed by atoms with Crippen LogP contribution in [-0.4, -0.2) is 52.0 Å². The maximum absolute atomic E-state index is 13.4. The summed E-state index contributed by atoms with van der Waals surface area (Å²) in [4.78, 5) is 32.6. The molecule has 26 heavy (non-hydrogen) atoms. The van der Waals surface area contributed by atoms with E-state index >= 15 is 0 Å². The predicted octanol–water partition coefficient (Wildman–Crippen LogP) is 3.42. The molecule has 1 aromatic heterocycles. The van der Waals surface area contributed by atoms with Gasteiger partial charge in [0.15, 0.2) is 11.0 Å². The minimum Gasteiger partial charge on any atom is -0.462 e. The molecule has 144 valence electrons. The topological polar surface area (TPSA) is 93.6 Å². The number of carbonyl (C=O) groups is 2. The SMILES string of the molecule is C=C(F)CN(Nc1nc(SC)ncc1C(=O)OCC)C(=O)OC(C)(C)C. The molecule has 10 heteroatoms. The van der Waals surface area contributed by atoms with Crippen LogP contribution in [0.15, 0.2) is 23.8 Å². The molecule has 0 saturated carbocycles. The average Bonchev–Trinajstić information content (AvgIpc) is 2.52. The molecular weight excluding hydrogens is 363 g/mol. The Kier molecular flexibility index (Phi) is 7.81. The molecular formula is C16H23FN4O4S. The van der Waals surface area contributed by atoms with Crippen LogP contribution in [0.25, 0.3) is 0 Å². The number of aromatic nitrogens is 2. The fourth-order valence-corrected chi connectivity index (χ4v) is 2.01. The molecule has 0 aliphatic heterocycles. The summed E-state index contributed by atoms with van der Waals surface area (Å²) in [5, 5.41) is 1.19. The molecule has 0 unspecified atom stereocenters. The van der Waals surface area contributed by atoms with E-state index in [0.29, 0.717) is 5.16 Å². The number of halogens is 1. The highest BCUT2D eigenvalue weighted by Crippen LogP contribution is 2.20. The van der Waals surface area contributed by atoms with Crippen molar-refractivity contribution in [2.45, 2.75) is 38.5 Å². The van der Waals surface area contributed by atoms with Crippen LogP contribution in [0.2, 0.25) is 0 Å². The van der Waals surface area contributed by atoms with Crippen LogP contribution in [-0.2, 0) is 9.47 Å². The normalized spacial score (nSPS) is 10.8. The third-order valence-corrected chi connectivity index (χ3v) is 3.19. The van der Waals surface area contributed by atoms with Gasteiger partial charge in [0, 0.05) is 6.20 Å². The second-order valence-electron chi connectivity index (χ2n) is 6.04. The largest absolute Gasteiger partial charge is 0.462 e. The van der Waals surface area contributed by atoms with Crippen molar-refractivity contribution in [3.63, 3.8) is 0 Å². The quantitative estimate of drug-likeness (QED) is 0.330. The molecule has 1 aromatic rings. The van der Waals surface area contributed by atoms with Gasteiger partial charge in [0.2, 0.25) is 0 Å². The maximum atomic E-state index is 13.4. The van der Waals surface area contributed by atoms with Crippen molar-refractivity contribution < 1.29 is 23.5 Å². The number of carbonyl (C=O) groups excluding carboxylic acids is 2. The smallest absolute Gasteiger partial charge is 0.429 e. The zero-order chi connectivity index (χ0) is 19.9. The second-order valence-corrected chi connectivity index (χ2v) is 6.81. The molecule has 0 fully saturated rings. The first-order valence-corrected chi connectivity index (χ1v) is 8.98. The zero-order valence-electron chi connectivity index (χ0n) is 15.5. The Bertz CT molecular complexity index is 679. The molecule has 1 N–H and O–H groups in total. The van der Waals surface area contributed by atoms with Gasteiger partial charge in [-0.15, -0.1) is 0 Å². The fourth-order valence-electron chi connectivity index (χ4n) is 1.67. The van der Waals surface area contributed by atoms with Gasteiger partial charge in [0.1, 0.15) is 17.0 Å². The Hall–Kier alpha value is -2.36. The van der Waals surface area contributed by atoms with E-state index in [0.717, 1.165) is 5.01 Å². The number of hydrogen-bond acceptors (Lipinski definition) is 8. The molecule has 1 heterocycles. The Morgan fingerprint density at radius 3 is 2.58 bits per heavy atom. The van der Waals surface area contributed by atoms with Crippen LogP contribution in [0.3, 0.4) is 0 Å². The molecule has 8 nitrogen and oxygen atoms in total. The van der Waals surface area contributed by atoms with Gasteiger partial charge in [0.05, 0.1) is 13.2 Å². The zero-order valence-corrected chi connectivity index (χ0v) is 16.3. The van der Waals surface area contributed by atoms with Crippen molar-refractivity contribution in [2.75, 3.05) is 24.8 Å². The molecule has 1 rings (SSSR count). The standard InChI is InChI=1S/C16H23FN4O4S/c1-7-24-13(22)11-8-18-14(26-6)19-12(11)20-21(9-10(2)17)15(23)25-16(3,4)5/h8H,2,7,9H2,1,3-6H3,(H,18,19,20). The molecule has 0 aliphatic rings. The van der Waals surface area contributed by atoms with Gasteiger partial charge in [0.25, 0.3) is 0 Å². The Labute approximate surface area is 156 Å². The van der Waals surface area contributed by atoms with Crippen LogP contribution in [0, 0.1) is 0 Å². The Balaban J connectivity index is 3.20. The van der Waals surface area contributed by atoms with Crippen LogP contribution < -0.4 is 5.43 Å². The van der Waals surface area contributed by atoms with Gasteiger partial charge >= 0.3 is 12.1 Å². The number of anilines is 1. The highest BCUT2D eigenvalue weighted by molar-refractivity contribution is 7.98. The number of thioether (sulfide) groups is 1. The fraction of sp³-hybridized carbons (Fsp3) is 0.500. The first-order chi connectivity index (χ1) is 12.1. The lowest BCUT2D eigenvalue weighted by Crippen LogP contribution is -2.41. The van der Waals surface area contributed by atoms with Crippen molar-refractivity contribution >= 4 is 29.6 Å². The maximum Gasteiger partial charge on any atom is 0.429 e. The van der Waals surface area contributed by atoms with Crippen molar-refractivity contribution in [1.82, 2.24) is 15.0 Å². The van der Waals surface area contributed by atoms with Crippen molar-refractivity contribution in [2.24, 2.45) is 0 Å². The summed E-state index contributed by atoms with van der Waals surface area (Å²) in [7, 11) is 0. The third kappa shape index (κ3) is 6.87. The molecule has 0 saturated heterocycles. The van der Waals surface area contributed by atoms with Crippen LogP contribution in [0.5, 0.6) is 0 Å². The van der Waals surface area contributed by atoms with E-state index in [4.69, 9.17) is 9.47 Å². The van der Waals surface area contributed by atoms with E-state index < -0.39 is 30.0 Å². The minimum atomic E-state index is -0.851. The lowest BCUT2D eigenvalue weighted by atomic mass is 10.2. The molecule has 0 spiro atoms. The van der Waals surface area contributed by atoms with E-state index in [1.165, 1.54) is 18.0 Å². The number of esters is 1. The van der Waals surface area contributed by atoms with Crippen LogP contribution in [0.4, 0.5) is 15.0 Å². The number of hydrogen-bond donors (Lipinski definition) is 1. The van der Waals surface area contributed by atoms with Gasteiger partial charge in [-0.3, -0.25) is 5.43 Å². The first kappa shape index (κ1) is 21.7. The van der Waals surface area contributed by atoms with Gasteiger partial charge in [-0.2, -0.15) is 0 Å². The van der Waals surface area contributed by atoms with Gasteiger partial charge in [-0.05, 0) is 34.0 Å². The predicted molar refractivity (Wildman–Crippen MR) is 96.6 cm³/mol. The molecule has 0 radical (unpaired) electrons. The Morgan fingerprint density at radius 2 is 2.08 bits per heavy atom. The number of nitrogens with zero attached hydrogens (tertiary/aromatic N) is 3. The van der Waals surface area contributed by atoms with E-state index in [-0.39, 0.29) is 18.0 Å². The summed E-state index contributed by atoms with van der Waals surface area (Å²) < 4.78 is 23.5. The number of ether oxygens (including phenoxy) is 2. The number of hydrazine groups is 1. The average molecular weight is 386 g/mol. The van der Waals surface area contributed by atoms with E-state index in [2.05, 4.69) is 22.0 Å². The number of amides is 1. The lowest BCUT2D eigenvalue weighted by Gasteiger charge is -2.27. The summed E-state index contributed by atoms with van der Waals surface area (Å²) in [5.74, 6) is -1.46. The number of rotatable bonds is 7. The van der Waals surface area contributed by atoms with Crippen molar-refractivity contribution in [3.05, 3.63) is 24.2 Å². The summed E-state index contributed by atoms with van der Waals surface area (Å²) in [6.07, 6.45) is 2.17. The highest BCUT2D eigenvalue weighted by atomic mass is 32.2. The van der Waals surface area contributed by atoms with Crippen molar-refractivity contribution in [1.29, 1.82) is 0 Å². The van der Waals surface area contributed by atoms with E-state index in [1.54, 1.807) is 34.0 Å². The lowest BCUT2D eigenvalue weighted by molar-refractivity contribution is 0.0300. The molecule has 0 bridgehead atoms. The summed E-state index contributed by atoms with van der Waals surface area (Å²) >= 11 is 1.24. The van der Waals surface area contributed by atoms with Crippen molar-refractivity contribution in [3.8, 4) is 0 Å². The van der Waals surface area contributed by atoms with E-state index in [9.17, 15) is 14.0 Å². The van der Waals surface area contributed by atoms with Crippen LogP contribution in [0.1, 0.15) is 38.1 Å². The first-order valence-electron chi connectivity index (χ1n) is 7.76. The summed E-state index contributed by atoms with van der Waals surface area (Å²) in [5.41, 5.74) is 1.81. The summed E-state index contributed by atoms with van der Waals surface area (Å²) in [6, 6.07) is 0. The molecule has 0 aliphatic carbocycles. The summed E-state index contributed by atoms with van der Waals surface area (Å²) in [6.45, 7) is 9.49. The van der Waals surface area contributed by atoms with Gasteiger partial charge < -0.3 is 9.47 Å². The van der Waals surface area contributed by atoms with Crippen LogP contribution >= 0.6 is 11.8 Å². The molecule has 0 aromatic carbocycles. The van der Waals surface area contributed by atoms with E-state index in [1.807, 2.05) is 0 Å². The highest BCUT2D eigenvalue weighted by Gasteiger charge is 2.25. The Morgan fingerprint density at radius 1 is 1.42 bits per heavy atom. The third-order valence-electron chi connectivity index (χ3n) is 2.63. The number of nitrogens with one attached hydrogen (secondary N) is 1. The second kappa shape index (κ2) is 9.37. The van der Waals surface area contributed by atoms with Gasteiger partial charge in [-0.1, -0.05) is 18.3 Å². The van der Waals surface area contributed by atoms with Gasteiger partial charge in [-0.25, -0.2) is 29.0 Å². The monoisotopic (exact) mass is 386 g/mol. The molecule has 0 atom stereocenters. The molecule has 1 amide bonds. The minimum absolute atomic E-state index is 0.00248.